The van der Waals surface area contributed by atoms with E-state index in [1.54, 1.807) is 4.90 Å². The molecule has 0 unspecified atom stereocenters. The van der Waals surface area contributed by atoms with Gasteiger partial charge in [0.15, 0.2) is 5.34 Å². The van der Waals surface area contributed by atoms with Crippen molar-refractivity contribution in [3.8, 4) is 0 Å². The van der Waals surface area contributed by atoms with Crippen molar-refractivity contribution in [2.45, 2.75) is 9.79 Å². The number of nitrogen functional groups attached to an aromatic ring is 1. The molecule has 5 N–H and O–H groups in total. The molecule has 0 amide bonds. The third-order valence-corrected chi connectivity index (χ3v) is 8.77. The van der Waals surface area contributed by atoms with Crippen molar-refractivity contribution in [1.29, 1.82) is 0 Å². The first-order valence-electron chi connectivity index (χ1n) is 8.68. The van der Waals surface area contributed by atoms with Crippen LogP contribution in [0.3, 0.4) is 0 Å². The summed E-state index contributed by atoms with van der Waals surface area (Å²) in [6.07, 6.45) is 1.82. The van der Waals surface area contributed by atoms with Crippen LogP contribution in [0.5, 0.6) is 0 Å². The largest absolute Gasteiger partial charge is 0.368 e. The van der Waals surface area contributed by atoms with Gasteiger partial charge in [-0.15, -0.1) is 4.91 Å². The number of anilines is 4. The molecule has 1 aromatic heterocycles. The Bertz CT molecular complexity index is 1250. The van der Waals surface area contributed by atoms with Crippen LogP contribution in [0.15, 0.2) is 33.3 Å². The van der Waals surface area contributed by atoms with Gasteiger partial charge in [-0.25, -0.2) is 0 Å². The molecule has 15 nitrogen and oxygen atoms in total. The third-order valence-electron chi connectivity index (χ3n) is 4.49. The molecule has 0 atom stereocenters. The van der Waals surface area contributed by atoms with E-state index in [0.29, 0.717) is 24.6 Å². The van der Waals surface area contributed by atoms with Crippen molar-refractivity contribution in [3.05, 3.63) is 23.1 Å². The fraction of sp³-hybridized carbons (Fsp3) is 0.357. The van der Waals surface area contributed by atoms with Crippen LogP contribution in [0.25, 0.3) is 0 Å². The van der Waals surface area contributed by atoms with E-state index in [-0.39, 0.29) is 17.8 Å². The highest BCUT2D eigenvalue weighted by atomic mass is 32.3. The fourth-order valence-corrected chi connectivity index (χ4v) is 5.71. The van der Waals surface area contributed by atoms with E-state index in [2.05, 4.69) is 25.6 Å². The van der Waals surface area contributed by atoms with Crippen LogP contribution in [-0.4, -0.2) is 71.7 Å². The summed E-state index contributed by atoms with van der Waals surface area (Å²) in [5.41, 5.74) is 5.32. The maximum Gasteiger partial charge on any atom is 0.296 e. The minimum atomic E-state index is -4.77. The molecule has 1 fully saturated rings. The molecule has 0 bridgehead atoms. The summed E-state index contributed by atoms with van der Waals surface area (Å²) in [6.45, 7) is 0.831. The van der Waals surface area contributed by atoms with Crippen LogP contribution in [-0.2, 0) is 24.5 Å². The monoisotopic (exact) mass is 509 g/mol. The maximum absolute atomic E-state index is 11.7. The number of nitrogens with two attached hydrogens (primary N) is 1. The zero-order valence-corrected chi connectivity index (χ0v) is 18.9. The second-order valence-corrected chi connectivity index (χ2v) is 12.9. The van der Waals surface area contributed by atoms with Gasteiger partial charge in [-0.1, -0.05) is 10.3 Å². The third kappa shape index (κ3) is 5.51. The van der Waals surface area contributed by atoms with Gasteiger partial charge in [0, 0.05) is 24.6 Å². The van der Waals surface area contributed by atoms with Gasteiger partial charge in [0.05, 0.1) is 10.6 Å². The first kappa shape index (κ1) is 23.9. The second kappa shape index (κ2) is 8.62. The molecule has 2 aromatic rings. The lowest BCUT2D eigenvalue weighted by molar-refractivity contribution is 0.376. The Balaban J connectivity index is 1.94. The molecular weight excluding hydrogens is 490 g/mol. The maximum atomic E-state index is 11.7. The molecule has 176 valence electrons. The summed E-state index contributed by atoms with van der Waals surface area (Å²) >= 11 is 0. The lowest BCUT2D eigenvalue weighted by Gasteiger charge is -2.39. The predicted octanol–water partition coefficient (Wildman–Crippen LogP) is 0.558. The van der Waals surface area contributed by atoms with Crippen molar-refractivity contribution >= 4 is 54.1 Å². The Hall–Kier alpha value is -2.80. The lowest BCUT2D eigenvalue weighted by atomic mass is 10.3. The van der Waals surface area contributed by atoms with Gasteiger partial charge in [0.1, 0.15) is 4.90 Å². The van der Waals surface area contributed by atoms with Crippen molar-refractivity contribution in [3.63, 3.8) is 0 Å². The van der Waals surface area contributed by atoms with Gasteiger partial charge in [0.25, 0.3) is 20.2 Å². The molecule has 1 saturated heterocycles. The van der Waals surface area contributed by atoms with Crippen molar-refractivity contribution in [2.75, 3.05) is 46.8 Å². The topological polar surface area (TPSA) is 227 Å². The summed E-state index contributed by atoms with van der Waals surface area (Å²) in [5.74, 6) is 0.701. The summed E-state index contributed by atoms with van der Waals surface area (Å²) in [6, 6.07) is 2.39. The van der Waals surface area contributed by atoms with Crippen molar-refractivity contribution in [1.82, 2.24) is 15.0 Å². The van der Waals surface area contributed by atoms with Crippen LogP contribution in [0.2, 0.25) is 0 Å². The number of nitrogens with one attached hydrogen (secondary N) is 1. The summed E-state index contributed by atoms with van der Waals surface area (Å²) in [5, 5.41) is 5.01. The Labute approximate surface area is 184 Å². The summed E-state index contributed by atoms with van der Waals surface area (Å²) in [4.78, 5) is 22.9. The summed E-state index contributed by atoms with van der Waals surface area (Å²) in [7, 11) is -11.1. The zero-order valence-electron chi connectivity index (χ0n) is 16.4. The van der Waals surface area contributed by atoms with Gasteiger partial charge in [-0.2, -0.15) is 31.8 Å². The number of nitrogens with zero attached hydrogens (tertiary/aromatic N) is 5. The first-order valence-corrected chi connectivity index (χ1v) is 13.9. The Morgan fingerprint density at radius 2 is 1.78 bits per heavy atom. The molecule has 0 saturated carbocycles. The van der Waals surface area contributed by atoms with E-state index >= 15 is 0 Å². The van der Waals surface area contributed by atoms with E-state index in [9.17, 15) is 30.8 Å². The molecule has 0 spiro atoms. The standard InChI is InChI=1S/C14H19N7O8S3/c1-30(29-20-22)6-4-21(5-7-30)14-18-12(15)17-13(19-14)16-10-8-9(31(23,24)25)2-3-11(10)32(26,27)28/h2-3,8H,4-7H2,1H3,(H,23,24,25)(H,26,27,28)(H3,15,16,17,18,19). The quantitative estimate of drug-likeness (QED) is 0.227. The minimum absolute atomic E-state index is 0.139. The molecule has 3 rings (SSSR count). The number of rotatable bonds is 7. The average Bonchev–Trinajstić information content (AvgIpc) is 2.66. The number of hydrogen-bond acceptors (Lipinski definition) is 13. The molecule has 2 heterocycles. The van der Waals surface area contributed by atoms with Crippen molar-refractivity contribution < 1.29 is 30.2 Å². The molecule has 0 radical (unpaired) electrons. The van der Waals surface area contributed by atoms with Gasteiger partial charge < -0.3 is 20.2 Å². The predicted molar refractivity (Wildman–Crippen MR) is 116 cm³/mol. The normalized spacial score (nSPS) is 17.4. The second-order valence-electron chi connectivity index (χ2n) is 6.78. The zero-order chi connectivity index (χ0) is 23.7. The van der Waals surface area contributed by atoms with E-state index < -0.39 is 46.0 Å². The van der Waals surface area contributed by atoms with Crippen LogP contribution >= 0.6 is 10.3 Å². The minimum Gasteiger partial charge on any atom is -0.368 e. The number of aromatic nitrogens is 3. The smallest absolute Gasteiger partial charge is 0.296 e. The molecule has 32 heavy (non-hydrogen) atoms. The van der Waals surface area contributed by atoms with E-state index in [1.165, 1.54) is 0 Å². The number of hydrogen-bond donors (Lipinski definition) is 4. The van der Waals surface area contributed by atoms with E-state index in [0.717, 1.165) is 18.2 Å². The van der Waals surface area contributed by atoms with Gasteiger partial charge in [-0.3, -0.25) is 9.11 Å². The lowest BCUT2D eigenvalue weighted by Crippen LogP contribution is -2.39. The van der Waals surface area contributed by atoms with E-state index in [1.807, 2.05) is 6.26 Å². The molecule has 1 aliphatic heterocycles. The number of benzene rings is 1. The molecule has 1 aliphatic rings. The van der Waals surface area contributed by atoms with Crippen LogP contribution in [0, 0.1) is 4.91 Å². The summed E-state index contributed by atoms with van der Waals surface area (Å²) < 4.78 is 69.8. The van der Waals surface area contributed by atoms with Gasteiger partial charge in [0.2, 0.25) is 17.8 Å². The molecule has 18 heteroatoms. The Morgan fingerprint density at radius 3 is 2.34 bits per heavy atom. The highest BCUT2D eigenvalue weighted by molar-refractivity contribution is 8.29. The first-order chi connectivity index (χ1) is 14.8. The highest BCUT2D eigenvalue weighted by Crippen LogP contribution is 2.47. The fourth-order valence-electron chi connectivity index (χ4n) is 2.86. The Kier molecular flexibility index (Phi) is 6.43. The van der Waals surface area contributed by atoms with Crippen molar-refractivity contribution in [2.24, 2.45) is 5.34 Å². The van der Waals surface area contributed by atoms with Crippen LogP contribution in [0.1, 0.15) is 0 Å². The highest BCUT2D eigenvalue weighted by Gasteiger charge is 2.30. The molecule has 0 aliphatic carbocycles. The SMILES string of the molecule is CS1(ON=O)CCN(c2nc(N)nc(Nc3cc(S(=O)(=O)O)ccc3S(=O)(=O)O)n2)CC1. The molecular formula is C14H19N7O8S3. The average molecular weight is 510 g/mol. The van der Waals surface area contributed by atoms with Gasteiger partial charge >= 0.3 is 0 Å². The van der Waals surface area contributed by atoms with E-state index in [4.69, 9.17) is 10.0 Å². The Morgan fingerprint density at radius 1 is 1.12 bits per heavy atom. The molecule has 1 aromatic carbocycles. The van der Waals surface area contributed by atoms with Crippen LogP contribution in [0.4, 0.5) is 23.5 Å². The van der Waals surface area contributed by atoms with Gasteiger partial charge in [-0.05, 0) is 24.5 Å². The van der Waals surface area contributed by atoms with Crippen LogP contribution < -0.4 is 16.0 Å².